The average molecular weight is 291 g/mol. The highest BCUT2D eigenvalue weighted by atomic mass is 16.3. The number of aromatic nitrogens is 1. The van der Waals surface area contributed by atoms with Crippen molar-refractivity contribution in [3.8, 4) is 0 Å². The van der Waals surface area contributed by atoms with Crippen LogP contribution in [0.5, 0.6) is 0 Å². The van der Waals surface area contributed by atoms with Crippen molar-refractivity contribution in [1.29, 1.82) is 0 Å². The predicted octanol–water partition coefficient (Wildman–Crippen LogP) is 1.99. The van der Waals surface area contributed by atoms with Gasteiger partial charge in [0.1, 0.15) is 5.82 Å². The largest absolute Gasteiger partial charge is 0.393 e. The fourth-order valence-corrected chi connectivity index (χ4v) is 2.56. The van der Waals surface area contributed by atoms with E-state index in [1.807, 2.05) is 26.8 Å². The number of amides is 1. The van der Waals surface area contributed by atoms with E-state index >= 15 is 0 Å². The van der Waals surface area contributed by atoms with Gasteiger partial charge in [0.15, 0.2) is 0 Å². The van der Waals surface area contributed by atoms with Crippen LogP contribution in [-0.4, -0.2) is 28.1 Å². The van der Waals surface area contributed by atoms with Gasteiger partial charge in [0, 0.05) is 22.7 Å². The van der Waals surface area contributed by atoms with Crippen LogP contribution in [-0.2, 0) is 5.41 Å². The van der Waals surface area contributed by atoms with Gasteiger partial charge in [-0.2, -0.15) is 0 Å². The van der Waals surface area contributed by atoms with Gasteiger partial charge >= 0.3 is 0 Å². The summed E-state index contributed by atoms with van der Waals surface area (Å²) in [5, 5.41) is 12.5. The molecule has 2 rings (SSSR count). The standard InChI is InChI=1S/C16H25N3O2/c1-16(2,3)13-8-10(9-14(17)19-13)15(21)18-11-4-6-12(20)7-5-11/h8-9,11-12,20H,4-7H2,1-3H3,(H2,17,19)(H,18,21). The highest BCUT2D eigenvalue weighted by Crippen LogP contribution is 2.23. The van der Waals surface area contributed by atoms with Crippen molar-refractivity contribution >= 4 is 11.7 Å². The minimum Gasteiger partial charge on any atom is -0.393 e. The van der Waals surface area contributed by atoms with Crippen LogP contribution in [0.3, 0.4) is 0 Å². The molecule has 0 aliphatic heterocycles. The molecule has 1 heterocycles. The molecule has 0 unspecified atom stereocenters. The lowest BCUT2D eigenvalue weighted by Crippen LogP contribution is -2.38. The Bertz CT molecular complexity index is 515. The summed E-state index contributed by atoms with van der Waals surface area (Å²) in [5.41, 5.74) is 7.03. The molecule has 1 fully saturated rings. The van der Waals surface area contributed by atoms with E-state index in [4.69, 9.17) is 5.73 Å². The lowest BCUT2D eigenvalue weighted by Gasteiger charge is -2.26. The number of aliphatic hydroxyl groups is 1. The topological polar surface area (TPSA) is 88.2 Å². The van der Waals surface area contributed by atoms with Crippen molar-refractivity contribution < 1.29 is 9.90 Å². The second-order valence-electron chi connectivity index (χ2n) is 6.89. The molecule has 0 saturated heterocycles. The molecule has 1 aromatic heterocycles. The molecule has 21 heavy (non-hydrogen) atoms. The smallest absolute Gasteiger partial charge is 0.251 e. The van der Waals surface area contributed by atoms with E-state index in [9.17, 15) is 9.90 Å². The van der Waals surface area contributed by atoms with Gasteiger partial charge in [-0.05, 0) is 37.8 Å². The summed E-state index contributed by atoms with van der Waals surface area (Å²) in [6.45, 7) is 6.12. The lowest BCUT2D eigenvalue weighted by atomic mass is 9.90. The van der Waals surface area contributed by atoms with Gasteiger partial charge in [0.25, 0.3) is 5.91 Å². The van der Waals surface area contributed by atoms with Crippen molar-refractivity contribution in [3.63, 3.8) is 0 Å². The molecule has 0 aromatic carbocycles. The number of nitrogens with zero attached hydrogens (tertiary/aromatic N) is 1. The third-order valence-corrected chi connectivity index (χ3v) is 3.91. The minimum absolute atomic E-state index is 0.115. The summed E-state index contributed by atoms with van der Waals surface area (Å²) < 4.78 is 0. The minimum atomic E-state index is -0.220. The zero-order valence-corrected chi connectivity index (χ0v) is 13.0. The molecule has 4 N–H and O–H groups in total. The molecular formula is C16H25N3O2. The molecule has 1 amide bonds. The quantitative estimate of drug-likeness (QED) is 0.777. The maximum atomic E-state index is 12.4. The van der Waals surface area contributed by atoms with Crippen LogP contribution in [0.1, 0.15) is 62.5 Å². The van der Waals surface area contributed by atoms with Gasteiger partial charge in [-0.15, -0.1) is 0 Å². The second kappa shape index (κ2) is 6.02. The molecule has 5 heteroatoms. The maximum absolute atomic E-state index is 12.4. The number of hydrogen-bond donors (Lipinski definition) is 3. The van der Waals surface area contributed by atoms with Crippen molar-refractivity contribution in [2.24, 2.45) is 0 Å². The van der Waals surface area contributed by atoms with Crippen molar-refractivity contribution in [2.45, 2.75) is 64.0 Å². The van der Waals surface area contributed by atoms with E-state index in [0.717, 1.165) is 31.4 Å². The number of nitrogens with two attached hydrogens (primary N) is 1. The number of nitrogen functional groups attached to an aromatic ring is 1. The summed E-state index contributed by atoms with van der Waals surface area (Å²) in [7, 11) is 0. The number of rotatable bonds is 2. The number of carbonyl (C=O) groups is 1. The number of aliphatic hydroxyl groups excluding tert-OH is 1. The number of anilines is 1. The number of carbonyl (C=O) groups excluding carboxylic acids is 1. The second-order valence-corrected chi connectivity index (χ2v) is 6.89. The van der Waals surface area contributed by atoms with Gasteiger partial charge in [-0.1, -0.05) is 20.8 Å². The molecule has 1 aliphatic rings. The summed E-state index contributed by atoms with van der Waals surface area (Å²) in [4.78, 5) is 16.7. The van der Waals surface area contributed by atoms with E-state index in [0.29, 0.717) is 11.4 Å². The molecule has 0 atom stereocenters. The molecular weight excluding hydrogens is 266 g/mol. The van der Waals surface area contributed by atoms with E-state index in [-0.39, 0.29) is 23.5 Å². The molecule has 1 aliphatic carbocycles. The highest BCUT2D eigenvalue weighted by molar-refractivity contribution is 5.95. The highest BCUT2D eigenvalue weighted by Gasteiger charge is 2.23. The Morgan fingerprint density at radius 1 is 1.29 bits per heavy atom. The zero-order chi connectivity index (χ0) is 15.6. The van der Waals surface area contributed by atoms with Crippen LogP contribution in [0, 0.1) is 0 Å². The Kier molecular flexibility index (Phi) is 4.52. The monoisotopic (exact) mass is 291 g/mol. The molecule has 0 spiro atoms. The van der Waals surface area contributed by atoms with Crippen molar-refractivity contribution in [1.82, 2.24) is 10.3 Å². The first-order valence-corrected chi connectivity index (χ1v) is 7.52. The first-order chi connectivity index (χ1) is 9.75. The third-order valence-electron chi connectivity index (χ3n) is 3.91. The van der Waals surface area contributed by atoms with E-state index in [1.54, 1.807) is 6.07 Å². The Labute approximate surface area is 126 Å². The summed E-state index contributed by atoms with van der Waals surface area (Å²) in [6.07, 6.45) is 2.91. The van der Waals surface area contributed by atoms with Crippen LogP contribution in [0.2, 0.25) is 0 Å². The Morgan fingerprint density at radius 2 is 1.90 bits per heavy atom. The summed E-state index contributed by atoms with van der Waals surface area (Å²) in [6, 6.07) is 3.55. The summed E-state index contributed by atoms with van der Waals surface area (Å²) in [5.74, 6) is 0.252. The van der Waals surface area contributed by atoms with Crippen LogP contribution in [0.4, 0.5) is 5.82 Å². The number of pyridine rings is 1. The number of hydrogen-bond acceptors (Lipinski definition) is 4. The molecule has 1 aromatic rings. The number of nitrogens with one attached hydrogen (secondary N) is 1. The fourth-order valence-electron chi connectivity index (χ4n) is 2.56. The fraction of sp³-hybridized carbons (Fsp3) is 0.625. The van der Waals surface area contributed by atoms with Gasteiger partial charge in [-0.3, -0.25) is 4.79 Å². The Hall–Kier alpha value is -1.62. The van der Waals surface area contributed by atoms with E-state index in [1.165, 1.54) is 0 Å². The molecule has 0 bridgehead atoms. The van der Waals surface area contributed by atoms with Crippen LogP contribution >= 0.6 is 0 Å². The average Bonchev–Trinajstić information content (AvgIpc) is 2.39. The zero-order valence-electron chi connectivity index (χ0n) is 13.0. The third kappa shape index (κ3) is 4.17. The summed E-state index contributed by atoms with van der Waals surface area (Å²) >= 11 is 0. The maximum Gasteiger partial charge on any atom is 0.251 e. The van der Waals surface area contributed by atoms with Crippen LogP contribution in [0.25, 0.3) is 0 Å². The predicted molar refractivity (Wildman–Crippen MR) is 83.1 cm³/mol. The van der Waals surface area contributed by atoms with Crippen LogP contribution in [0.15, 0.2) is 12.1 Å². The SMILES string of the molecule is CC(C)(C)c1cc(C(=O)NC2CCC(O)CC2)cc(N)n1. The van der Waals surface area contributed by atoms with Crippen molar-refractivity contribution in [3.05, 3.63) is 23.4 Å². The molecule has 5 nitrogen and oxygen atoms in total. The Morgan fingerprint density at radius 3 is 2.48 bits per heavy atom. The van der Waals surface area contributed by atoms with Gasteiger partial charge < -0.3 is 16.2 Å². The van der Waals surface area contributed by atoms with Gasteiger partial charge in [-0.25, -0.2) is 4.98 Å². The first-order valence-electron chi connectivity index (χ1n) is 7.52. The molecule has 116 valence electrons. The first kappa shape index (κ1) is 15.8. The van der Waals surface area contributed by atoms with Gasteiger partial charge in [0.05, 0.1) is 6.10 Å². The normalized spacial score (nSPS) is 22.9. The van der Waals surface area contributed by atoms with Gasteiger partial charge in [0.2, 0.25) is 0 Å². The Balaban J connectivity index is 2.10. The van der Waals surface area contributed by atoms with Crippen molar-refractivity contribution in [2.75, 3.05) is 5.73 Å². The molecule has 1 saturated carbocycles. The van der Waals surface area contributed by atoms with E-state index in [2.05, 4.69) is 10.3 Å². The molecule has 0 radical (unpaired) electrons. The van der Waals surface area contributed by atoms with Crippen LogP contribution < -0.4 is 11.1 Å². The lowest BCUT2D eigenvalue weighted by molar-refractivity contribution is 0.0867. The van der Waals surface area contributed by atoms with E-state index < -0.39 is 0 Å².